The van der Waals surface area contributed by atoms with Gasteiger partial charge in [-0.3, -0.25) is 4.79 Å². The van der Waals surface area contributed by atoms with E-state index >= 15 is 0 Å². The SMILES string of the molecule is CCCCCCOc1ccc(C(=O)Oc2ccccc2C(C)=O)cc1. The summed E-state index contributed by atoms with van der Waals surface area (Å²) in [6, 6.07) is 13.6. The van der Waals surface area contributed by atoms with Gasteiger partial charge in [-0.1, -0.05) is 38.3 Å². The predicted octanol–water partition coefficient (Wildman–Crippen LogP) is 5.07. The number of hydrogen-bond acceptors (Lipinski definition) is 4. The van der Waals surface area contributed by atoms with Crippen molar-refractivity contribution in [2.24, 2.45) is 0 Å². The van der Waals surface area contributed by atoms with Crippen LogP contribution in [-0.2, 0) is 0 Å². The first-order valence-electron chi connectivity index (χ1n) is 8.67. The Hall–Kier alpha value is -2.62. The van der Waals surface area contributed by atoms with Gasteiger partial charge in [0.15, 0.2) is 5.78 Å². The van der Waals surface area contributed by atoms with Crippen molar-refractivity contribution in [1.29, 1.82) is 0 Å². The lowest BCUT2D eigenvalue weighted by Gasteiger charge is -2.09. The number of unbranched alkanes of at least 4 members (excludes halogenated alkanes) is 3. The van der Waals surface area contributed by atoms with E-state index in [1.165, 1.54) is 19.8 Å². The topological polar surface area (TPSA) is 52.6 Å². The minimum absolute atomic E-state index is 0.143. The average molecular weight is 340 g/mol. The molecule has 0 saturated carbocycles. The van der Waals surface area contributed by atoms with Crippen LogP contribution < -0.4 is 9.47 Å². The summed E-state index contributed by atoms with van der Waals surface area (Å²) in [7, 11) is 0. The van der Waals surface area contributed by atoms with Crippen molar-refractivity contribution in [2.45, 2.75) is 39.5 Å². The lowest BCUT2D eigenvalue weighted by molar-refractivity contribution is 0.0733. The van der Waals surface area contributed by atoms with E-state index in [2.05, 4.69) is 6.92 Å². The molecular weight excluding hydrogens is 316 g/mol. The van der Waals surface area contributed by atoms with Gasteiger partial charge < -0.3 is 9.47 Å². The molecule has 2 rings (SSSR count). The summed E-state index contributed by atoms with van der Waals surface area (Å²) < 4.78 is 11.0. The molecule has 0 aliphatic carbocycles. The van der Waals surface area contributed by atoms with Crippen LogP contribution in [0.15, 0.2) is 48.5 Å². The molecule has 4 nitrogen and oxygen atoms in total. The number of Topliss-reactive ketones (excluding diaryl/α,β-unsaturated/α-hetero) is 1. The molecule has 0 aliphatic heterocycles. The molecule has 0 fully saturated rings. The molecule has 0 aliphatic rings. The summed E-state index contributed by atoms with van der Waals surface area (Å²) in [4.78, 5) is 23.8. The molecule has 0 amide bonds. The minimum Gasteiger partial charge on any atom is -0.494 e. The molecule has 0 heterocycles. The molecule has 132 valence electrons. The zero-order valence-corrected chi connectivity index (χ0v) is 14.8. The third kappa shape index (κ3) is 5.75. The predicted molar refractivity (Wildman–Crippen MR) is 97.5 cm³/mol. The highest BCUT2D eigenvalue weighted by atomic mass is 16.5. The van der Waals surface area contributed by atoms with Crippen LogP contribution in [0.25, 0.3) is 0 Å². The van der Waals surface area contributed by atoms with Crippen LogP contribution in [0.3, 0.4) is 0 Å². The fraction of sp³-hybridized carbons (Fsp3) is 0.333. The number of para-hydroxylation sites is 1. The van der Waals surface area contributed by atoms with Crippen molar-refractivity contribution in [3.05, 3.63) is 59.7 Å². The molecule has 0 saturated heterocycles. The largest absolute Gasteiger partial charge is 0.494 e. The van der Waals surface area contributed by atoms with Crippen LogP contribution in [0.1, 0.15) is 60.2 Å². The molecule has 0 unspecified atom stereocenters. The fourth-order valence-electron chi connectivity index (χ4n) is 2.41. The number of ether oxygens (including phenoxy) is 2. The zero-order chi connectivity index (χ0) is 18.1. The summed E-state index contributed by atoms with van der Waals surface area (Å²) in [6.07, 6.45) is 4.61. The second-order valence-corrected chi connectivity index (χ2v) is 5.88. The molecule has 4 heteroatoms. The van der Waals surface area contributed by atoms with Gasteiger partial charge in [-0.25, -0.2) is 4.79 Å². The van der Waals surface area contributed by atoms with Crippen LogP contribution in [0.5, 0.6) is 11.5 Å². The van der Waals surface area contributed by atoms with Gasteiger partial charge in [-0.15, -0.1) is 0 Å². The Kier molecular flexibility index (Phi) is 7.20. The molecule has 0 radical (unpaired) electrons. The number of esters is 1. The summed E-state index contributed by atoms with van der Waals surface area (Å²) in [6.45, 7) is 4.29. The number of benzene rings is 2. The maximum Gasteiger partial charge on any atom is 0.343 e. The molecule has 0 atom stereocenters. The summed E-state index contributed by atoms with van der Waals surface area (Å²) in [5.41, 5.74) is 0.805. The van der Waals surface area contributed by atoms with Crippen LogP contribution in [-0.4, -0.2) is 18.4 Å². The second kappa shape index (κ2) is 9.62. The van der Waals surface area contributed by atoms with Crippen molar-refractivity contribution in [1.82, 2.24) is 0 Å². The first-order valence-corrected chi connectivity index (χ1v) is 8.67. The number of ketones is 1. The van der Waals surface area contributed by atoms with Crippen LogP contribution in [0, 0.1) is 0 Å². The second-order valence-electron chi connectivity index (χ2n) is 5.88. The molecular formula is C21H24O4. The smallest absolute Gasteiger partial charge is 0.343 e. The van der Waals surface area contributed by atoms with Gasteiger partial charge in [-0.2, -0.15) is 0 Å². The monoisotopic (exact) mass is 340 g/mol. The lowest BCUT2D eigenvalue weighted by Crippen LogP contribution is -2.10. The zero-order valence-electron chi connectivity index (χ0n) is 14.8. The van der Waals surface area contributed by atoms with Crippen molar-refractivity contribution >= 4 is 11.8 Å². The third-order valence-corrected chi connectivity index (χ3v) is 3.83. The third-order valence-electron chi connectivity index (χ3n) is 3.83. The van der Waals surface area contributed by atoms with Gasteiger partial charge in [0.05, 0.1) is 17.7 Å². The van der Waals surface area contributed by atoms with Gasteiger partial charge in [0.2, 0.25) is 0 Å². The van der Waals surface area contributed by atoms with Crippen LogP contribution in [0.4, 0.5) is 0 Å². The molecule has 0 N–H and O–H groups in total. The van der Waals surface area contributed by atoms with Gasteiger partial charge in [-0.05, 0) is 49.7 Å². The van der Waals surface area contributed by atoms with Crippen molar-refractivity contribution < 1.29 is 19.1 Å². The summed E-state index contributed by atoms with van der Waals surface area (Å²) in [5.74, 6) is 0.367. The Balaban J connectivity index is 1.93. The van der Waals surface area contributed by atoms with E-state index in [0.717, 1.165) is 18.6 Å². The molecule has 2 aromatic rings. The molecule has 0 aromatic heterocycles. The molecule has 2 aromatic carbocycles. The quantitative estimate of drug-likeness (QED) is 0.277. The van der Waals surface area contributed by atoms with Crippen molar-refractivity contribution in [3.8, 4) is 11.5 Å². The average Bonchev–Trinajstić information content (AvgIpc) is 2.62. The molecule has 25 heavy (non-hydrogen) atoms. The summed E-state index contributed by atoms with van der Waals surface area (Å²) in [5, 5.41) is 0. The van der Waals surface area contributed by atoms with Gasteiger partial charge >= 0.3 is 5.97 Å². The minimum atomic E-state index is -0.497. The van der Waals surface area contributed by atoms with Gasteiger partial charge in [0, 0.05) is 0 Å². The highest BCUT2D eigenvalue weighted by Crippen LogP contribution is 2.21. The van der Waals surface area contributed by atoms with E-state index in [4.69, 9.17) is 9.47 Å². The summed E-state index contributed by atoms with van der Waals surface area (Å²) >= 11 is 0. The molecule has 0 spiro atoms. The van der Waals surface area contributed by atoms with Crippen molar-refractivity contribution in [3.63, 3.8) is 0 Å². The van der Waals surface area contributed by atoms with Crippen LogP contribution in [0.2, 0.25) is 0 Å². The van der Waals surface area contributed by atoms with E-state index in [9.17, 15) is 9.59 Å². The Morgan fingerprint density at radius 2 is 1.64 bits per heavy atom. The van der Waals surface area contributed by atoms with E-state index in [1.54, 1.807) is 48.5 Å². The number of carbonyl (C=O) groups excluding carboxylic acids is 2. The van der Waals surface area contributed by atoms with E-state index in [1.807, 2.05) is 0 Å². The maximum atomic E-state index is 12.3. The number of rotatable bonds is 9. The van der Waals surface area contributed by atoms with E-state index in [0.29, 0.717) is 17.7 Å². The fourth-order valence-corrected chi connectivity index (χ4v) is 2.41. The van der Waals surface area contributed by atoms with Crippen LogP contribution >= 0.6 is 0 Å². The molecule has 0 bridgehead atoms. The number of carbonyl (C=O) groups is 2. The van der Waals surface area contributed by atoms with E-state index in [-0.39, 0.29) is 11.5 Å². The standard InChI is InChI=1S/C21H24O4/c1-3-4-5-8-15-24-18-13-11-17(12-14-18)21(23)25-20-10-7-6-9-19(20)16(2)22/h6-7,9-14H,3-5,8,15H2,1-2H3. The Labute approximate surface area is 148 Å². The Morgan fingerprint density at radius 3 is 2.32 bits per heavy atom. The Morgan fingerprint density at radius 1 is 0.920 bits per heavy atom. The highest BCUT2D eigenvalue weighted by Gasteiger charge is 2.13. The van der Waals surface area contributed by atoms with E-state index < -0.39 is 5.97 Å². The number of hydrogen-bond donors (Lipinski definition) is 0. The van der Waals surface area contributed by atoms with Gasteiger partial charge in [0.25, 0.3) is 0 Å². The maximum absolute atomic E-state index is 12.3. The Bertz CT molecular complexity index is 704. The first-order chi connectivity index (χ1) is 12.1. The highest BCUT2D eigenvalue weighted by molar-refractivity contribution is 5.99. The lowest BCUT2D eigenvalue weighted by atomic mass is 10.1. The first kappa shape index (κ1) is 18.7. The van der Waals surface area contributed by atoms with Crippen molar-refractivity contribution in [2.75, 3.05) is 6.61 Å². The normalized spacial score (nSPS) is 10.3. The van der Waals surface area contributed by atoms with Gasteiger partial charge in [0.1, 0.15) is 11.5 Å².